The number of aliphatic hydroxyl groups excluding tert-OH is 1. The van der Waals surface area contributed by atoms with Crippen molar-refractivity contribution in [3.8, 4) is 0 Å². The molecule has 3 rings (SSSR count). The molecule has 2 N–H and O–H groups in total. The number of nitrogens with zero attached hydrogens (tertiary/aromatic N) is 3. The Morgan fingerprint density at radius 2 is 1.96 bits per heavy atom. The predicted octanol–water partition coefficient (Wildman–Crippen LogP) is 2.45. The number of aliphatic imine (C=N–C) groups is 1. The van der Waals surface area contributed by atoms with Gasteiger partial charge in [-0.1, -0.05) is 31.2 Å². The third-order valence-electron chi connectivity index (χ3n) is 5.48. The first-order chi connectivity index (χ1) is 12.6. The first-order valence-corrected chi connectivity index (χ1v) is 10.2. The van der Waals surface area contributed by atoms with E-state index >= 15 is 0 Å². The van der Waals surface area contributed by atoms with Gasteiger partial charge in [0.1, 0.15) is 0 Å². The highest BCUT2D eigenvalue weighted by atomic mass is 16.3. The lowest BCUT2D eigenvalue weighted by Gasteiger charge is -2.30. The van der Waals surface area contributed by atoms with Gasteiger partial charge in [0.2, 0.25) is 0 Å². The molecule has 0 radical (unpaired) electrons. The van der Waals surface area contributed by atoms with Gasteiger partial charge in [0.25, 0.3) is 0 Å². The van der Waals surface area contributed by atoms with E-state index in [0.29, 0.717) is 13.1 Å². The minimum Gasteiger partial charge on any atom is -0.391 e. The third kappa shape index (κ3) is 5.45. The average Bonchev–Trinajstić information content (AvgIpc) is 3.07. The van der Waals surface area contributed by atoms with E-state index in [1.165, 1.54) is 37.1 Å². The molecule has 2 aliphatic heterocycles. The summed E-state index contributed by atoms with van der Waals surface area (Å²) in [7, 11) is 0. The molecule has 0 aliphatic carbocycles. The van der Waals surface area contributed by atoms with E-state index in [1.807, 2.05) is 0 Å². The van der Waals surface area contributed by atoms with E-state index in [1.54, 1.807) is 0 Å². The number of likely N-dealkylation sites (tertiary alicyclic amines) is 2. The SMILES string of the molecule is CCNC(=NCc1cccc(CN2CCC(C)CC2)c1)N1CC[C@@H](O)C1. The van der Waals surface area contributed by atoms with Gasteiger partial charge in [0.05, 0.1) is 12.6 Å². The van der Waals surface area contributed by atoms with E-state index in [9.17, 15) is 5.11 Å². The molecule has 2 fully saturated rings. The van der Waals surface area contributed by atoms with Crippen LogP contribution in [0, 0.1) is 5.92 Å². The molecule has 1 aromatic rings. The molecule has 5 nitrogen and oxygen atoms in total. The second-order valence-electron chi connectivity index (χ2n) is 7.84. The summed E-state index contributed by atoms with van der Waals surface area (Å²) in [6.07, 6.45) is 3.23. The lowest BCUT2D eigenvalue weighted by Crippen LogP contribution is -2.40. The molecule has 144 valence electrons. The van der Waals surface area contributed by atoms with E-state index in [0.717, 1.165) is 37.9 Å². The molecule has 2 heterocycles. The van der Waals surface area contributed by atoms with E-state index in [-0.39, 0.29) is 6.10 Å². The summed E-state index contributed by atoms with van der Waals surface area (Å²) >= 11 is 0. The zero-order valence-corrected chi connectivity index (χ0v) is 16.3. The third-order valence-corrected chi connectivity index (χ3v) is 5.48. The molecule has 1 aromatic carbocycles. The summed E-state index contributed by atoms with van der Waals surface area (Å²) < 4.78 is 0. The van der Waals surface area contributed by atoms with Crippen LogP contribution < -0.4 is 5.32 Å². The van der Waals surface area contributed by atoms with Crippen molar-refractivity contribution in [3.63, 3.8) is 0 Å². The molecule has 2 saturated heterocycles. The number of nitrogens with one attached hydrogen (secondary N) is 1. The van der Waals surface area contributed by atoms with Crippen molar-refractivity contribution in [2.45, 2.75) is 52.3 Å². The molecule has 0 bridgehead atoms. The molecule has 0 spiro atoms. The van der Waals surface area contributed by atoms with Crippen LogP contribution in [0.4, 0.5) is 0 Å². The van der Waals surface area contributed by atoms with Crippen LogP contribution in [-0.4, -0.2) is 59.7 Å². The lowest BCUT2D eigenvalue weighted by atomic mass is 9.98. The summed E-state index contributed by atoms with van der Waals surface area (Å²) in [6.45, 7) is 11.0. The fourth-order valence-electron chi connectivity index (χ4n) is 3.83. The van der Waals surface area contributed by atoms with Crippen molar-refractivity contribution < 1.29 is 5.11 Å². The van der Waals surface area contributed by atoms with Crippen LogP contribution in [0.5, 0.6) is 0 Å². The van der Waals surface area contributed by atoms with Crippen LogP contribution in [0.15, 0.2) is 29.3 Å². The summed E-state index contributed by atoms with van der Waals surface area (Å²) in [6, 6.07) is 8.84. The van der Waals surface area contributed by atoms with Gasteiger partial charge in [0.15, 0.2) is 5.96 Å². The lowest BCUT2D eigenvalue weighted by molar-refractivity contribution is 0.185. The zero-order valence-electron chi connectivity index (χ0n) is 16.3. The fraction of sp³-hybridized carbons (Fsp3) is 0.667. The zero-order chi connectivity index (χ0) is 18.4. The van der Waals surface area contributed by atoms with E-state index < -0.39 is 0 Å². The maximum absolute atomic E-state index is 9.78. The van der Waals surface area contributed by atoms with Crippen LogP contribution in [-0.2, 0) is 13.1 Å². The van der Waals surface area contributed by atoms with Crippen LogP contribution in [0.25, 0.3) is 0 Å². The Bertz CT molecular complexity index is 595. The molecule has 1 atom stereocenters. The van der Waals surface area contributed by atoms with Crippen LogP contribution >= 0.6 is 0 Å². The van der Waals surface area contributed by atoms with Gasteiger partial charge in [-0.3, -0.25) is 4.90 Å². The Balaban J connectivity index is 1.60. The molecule has 0 saturated carbocycles. The average molecular weight is 359 g/mol. The number of aliphatic hydroxyl groups is 1. The molecule has 0 aromatic heterocycles. The molecule has 2 aliphatic rings. The first-order valence-electron chi connectivity index (χ1n) is 10.2. The Morgan fingerprint density at radius 1 is 1.19 bits per heavy atom. The molecule has 0 amide bonds. The normalized spacial score (nSPS) is 22.8. The fourth-order valence-corrected chi connectivity index (χ4v) is 3.83. The van der Waals surface area contributed by atoms with Crippen LogP contribution in [0.3, 0.4) is 0 Å². The Kier molecular flexibility index (Phi) is 6.92. The number of piperidine rings is 1. The van der Waals surface area contributed by atoms with Crippen molar-refractivity contribution >= 4 is 5.96 Å². The number of β-amino-alcohol motifs (C(OH)–C–C–N with tert-alkyl or cyclic N) is 1. The smallest absolute Gasteiger partial charge is 0.194 e. The summed E-state index contributed by atoms with van der Waals surface area (Å²) in [5.74, 6) is 1.79. The molecular weight excluding hydrogens is 324 g/mol. The van der Waals surface area contributed by atoms with Crippen molar-refractivity contribution in [3.05, 3.63) is 35.4 Å². The number of rotatable bonds is 5. The summed E-state index contributed by atoms with van der Waals surface area (Å²) in [5.41, 5.74) is 2.64. The summed E-state index contributed by atoms with van der Waals surface area (Å²) in [5, 5.41) is 13.1. The molecule has 0 unspecified atom stereocenters. The quantitative estimate of drug-likeness (QED) is 0.627. The highest BCUT2D eigenvalue weighted by molar-refractivity contribution is 5.80. The highest BCUT2D eigenvalue weighted by Crippen LogP contribution is 2.19. The largest absolute Gasteiger partial charge is 0.391 e. The standard InChI is InChI=1S/C21H34N4O/c1-3-22-21(25-12-9-20(26)16-25)23-14-18-5-4-6-19(13-18)15-24-10-7-17(2)8-11-24/h4-6,13,17,20,26H,3,7-12,14-16H2,1-2H3,(H,22,23)/t20-/m1/s1. The minimum atomic E-state index is -0.227. The number of hydrogen-bond acceptors (Lipinski definition) is 3. The second-order valence-corrected chi connectivity index (χ2v) is 7.84. The van der Waals surface area contributed by atoms with Gasteiger partial charge in [-0.05, 0) is 56.3 Å². The topological polar surface area (TPSA) is 51.1 Å². The van der Waals surface area contributed by atoms with Crippen LogP contribution in [0.1, 0.15) is 44.2 Å². The van der Waals surface area contributed by atoms with Gasteiger partial charge in [0, 0.05) is 26.2 Å². The highest BCUT2D eigenvalue weighted by Gasteiger charge is 2.22. The van der Waals surface area contributed by atoms with E-state index in [4.69, 9.17) is 4.99 Å². The van der Waals surface area contributed by atoms with Crippen molar-refractivity contribution in [1.82, 2.24) is 15.1 Å². The van der Waals surface area contributed by atoms with Gasteiger partial charge in [-0.15, -0.1) is 0 Å². The van der Waals surface area contributed by atoms with Crippen molar-refractivity contribution in [2.75, 3.05) is 32.7 Å². The van der Waals surface area contributed by atoms with E-state index in [2.05, 4.69) is 53.2 Å². The van der Waals surface area contributed by atoms with Crippen molar-refractivity contribution in [1.29, 1.82) is 0 Å². The first kappa shape index (κ1) is 19.2. The second kappa shape index (κ2) is 9.38. The number of hydrogen-bond donors (Lipinski definition) is 2. The number of guanidine groups is 1. The molecular formula is C21H34N4O. The Labute approximate surface area is 158 Å². The maximum atomic E-state index is 9.78. The van der Waals surface area contributed by atoms with Gasteiger partial charge < -0.3 is 15.3 Å². The van der Waals surface area contributed by atoms with Gasteiger partial charge >= 0.3 is 0 Å². The molecule has 5 heteroatoms. The van der Waals surface area contributed by atoms with Crippen LogP contribution in [0.2, 0.25) is 0 Å². The molecule has 26 heavy (non-hydrogen) atoms. The van der Waals surface area contributed by atoms with Gasteiger partial charge in [-0.2, -0.15) is 0 Å². The predicted molar refractivity (Wildman–Crippen MR) is 107 cm³/mol. The Morgan fingerprint density at radius 3 is 2.65 bits per heavy atom. The number of benzene rings is 1. The minimum absolute atomic E-state index is 0.227. The maximum Gasteiger partial charge on any atom is 0.194 e. The monoisotopic (exact) mass is 358 g/mol. The van der Waals surface area contributed by atoms with Gasteiger partial charge in [-0.25, -0.2) is 4.99 Å². The van der Waals surface area contributed by atoms with Crippen molar-refractivity contribution in [2.24, 2.45) is 10.9 Å². The summed E-state index contributed by atoms with van der Waals surface area (Å²) in [4.78, 5) is 9.53. The Hall–Kier alpha value is -1.59.